The number of halogens is 4. The van der Waals surface area contributed by atoms with E-state index in [2.05, 4.69) is 38.6 Å². The summed E-state index contributed by atoms with van der Waals surface area (Å²) in [5.41, 5.74) is 0.799. The van der Waals surface area contributed by atoms with Crippen LogP contribution in [-0.4, -0.2) is 64.8 Å². The van der Waals surface area contributed by atoms with Crippen molar-refractivity contribution in [3.63, 3.8) is 0 Å². The Balaban J connectivity index is 1.26. The van der Waals surface area contributed by atoms with Gasteiger partial charge in [-0.05, 0) is 67.2 Å². The summed E-state index contributed by atoms with van der Waals surface area (Å²) in [6.45, 7) is 11.6. The van der Waals surface area contributed by atoms with Gasteiger partial charge in [0.25, 0.3) is 0 Å². The number of ether oxygens (including phenoxy) is 4. The van der Waals surface area contributed by atoms with Gasteiger partial charge >= 0.3 is 6.29 Å². The maximum atomic E-state index is 15.4. The van der Waals surface area contributed by atoms with Crippen LogP contribution in [0.5, 0.6) is 23.0 Å². The van der Waals surface area contributed by atoms with E-state index < -0.39 is 37.9 Å². The second-order valence-corrected chi connectivity index (χ2v) is 19.4. The Kier molecular flexibility index (Phi) is 9.25. The predicted molar refractivity (Wildman–Crippen MR) is 181 cm³/mol. The van der Waals surface area contributed by atoms with Gasteiger partial charge in [-0.25, -0.2) is 8.78 Å². The van der Waals surface area contributed by atoms with Crippen LogP contribution in [0.1, 0.15) is 44.7 Å². The fourth-order valence-corrected chi connectivity index (χ4v) is 7.79. The number of nitrogens with zero attached hydrogens (tertiary/aromatic N) is 2. The van der Waals surface area contributed by atoms with E-state index in [1.807, 2.05) is 29.2 Å². The number of fused-ring (bicyclic) bond motifs is 2. The molecule has 2 atom stereocenters. The number of hydrogen-bond donors (Lipinski definition) is 1. The maximum Gasteiger partial charge on any atom is 0.586 e. The minimum Gasteiger partial charge on any atom is -0.497 e. The highest BCUT2D eigenvalue weighted by molar-refractivity contribution is 6.74. The molecule has 0 unspecified atom stereocenters. The first kappa shape index (κ1) is 35.2. The van der Waals surface area contributed by atoms with Gasteiger partial charge in [0.2, 0.25) is 0 Å². The molecule has 3 aromatic rings. The van der Waals surface area contributed by atoms with Gasteiger partial charge in [0, 0.05) is 43.9 Å². The molecule has 8 nitrogen and oxygen atoms in total. The molecule has 0 amide bonds. The number of piperidine rings is 1. The number of benzene rings is 3. The third-order valence-electron chi connectivity index (χ3n) is 10.2. The highest BCUT2D eigenvalue weighted by Crippen LogP contribution is 2.49. The van der Waals surface area contributed by atoms with Crippen molar-refractivity contribution in [2.24, 2.45) is 0 Å². The highest BCUT2D eigenvalue weighted by atomic mass is 28.4. The molecule has 0 saturated carbocycles. The summed E-state index contributed by atoms with van der Waals surface area (Å²) in [6, 6.07) is 12.6. The number of methoxy groups -OCH3 is 1. The van der Waals surface area contributed by atoms with Crippen LogP contribution in [0.15, 0.2) is 48.5 Å². The Morgan fingerprint density at radius 1 is 1.02 bits per heavy atom. The van der Waals surface area contributed by atoms with Crippen molar-refractivity contribution >= 4 is 19.7 Å². The van der Waals surface area contributed by atoms with E-state index in [1.165, 1.54) is 6.07 Å². The van der Waals surface area contributed by atoms with E-state index in [1.54, 1.807) is 18.1 Å². The van der Waals surface area contributed by atoms with Crippen molar-refractivity contribution in [3.05, 3.63) is 71.3 Å². The van der Waals surface area contributed by atoms with Crippen molar-refractivity contribution in [2.75, 3.05) is 43.2 Å². The first-order valence-electron chi connectivity index (χ1n) is 16.6. The van der Waals surface area contributed by atoms with Crippen molar-refractivity contribution in [3.8, 4) is 23.0 Å². The lowest BCUT2D eigenvalue weighted by molar-refractivity contribution is -0.286. The van der Waals surface area contributed by atoms with Gasteiger partial charge in [0.15, 0.2) is 19.8 Å². The summed E-state index contributed by atoms with van der Waals surface area (Å²) in [4.78, 5) is 3.68. The summed E-state index contributed by atoms with van der Waals surface area (Å²) in [5, 5.41) is 12.0. The summed E-state index contributed by atoms with van der Waals surface area (Å²) < 4.78 is 85.9. The van der Waals surface area contributed by atoms with E-state index in [-0.39, 0.29) is 48.4 Å². The number of alkyl halides is 2. The van der Waals surface area contributed by atoms with Crippen LogP contribution < -0.4 is 28.7 Å². The summed E-state index contributed by atoms with van der Waals surface area (Å²) in [7, 11) is -0.905. The van der Waals surface area contributed by atoms with Crippen LogP contribution in [0.4, 0.5) is 28.9 Å². The quantitative estimate of drug-likeness (QED) is 0.180. The summed E-state index contributed by atoms with van der Waals surface area (Å²) in [5.74, 6) is -0.546. The van der Waals surface area contributed by atoms with E-state index in [9.17, 15) is 18.3 Å². The SMILES string of the molecule is COc1ccc(CN2CCCc3c(OC[C@]4(O)CCN(c5cc(F)cc6c5OC(F)(F)O6)C[C@H]4O[Si](C)(C)C(C)(C)C)ccc(F)c32)cc1. The molecule has 6 rings (SSSR count). The molecule has 1 fully saturated rings. The fraction of sp³-hybridized carbons (Fsp3) is 0.500. The van der Waals surface area contributed by atoms with Crippen molar-refractivity contribution in [1.29, 1.82) is 0 Å². The standard InChI is InChI=1S/C36H44F4N2O6Si/c1-34(2,3)49(5,6)48-31-21-41(28-18-24(37)19-30-33(28)47-36(39,40)46-30)17-15-35(31,43)22-45-29-14-13-27(38)32-26(29)8-7-16-42(32)20-23-9-11-25(44-4)12-10-23/h9-14,18-19,31,43H,7-8,15-17,20-22H2,1-6H3/t31-,35-/m1/s1. The Hall–Kier alpha value is -3.68. The molecule has 3 heterocycles. The lowest BCUT2D eigenvalue weighted by Crippen LogP contribution is -2.63. The zero-order valence-corrected chi connectivity index (χ0v) is 29.7. The van der Waals surface area contributed by atoms with E-state index in [0.717, 1.165) is 35.4 Å². The molecular weight excluding hydrogens is 660 g/mol. The Morgan fingerprint density at radius 3 is 2.45 bits per heavy atom. The van der Waals surface area contributed by atoms with Gasteiger partial charge < -0.3 is 38.3 Å². The van der Waals surface area contributed by atoms with Crippen molar-refractivity contribution in [1.82, 2.24) is 0 Å². The van der Waals surface area contributed by atoms with Crippen LogP contribution in [0.25, 0.3) is 0 Å². The van der Waals surface area contributed by atoms with Gasteiger partial charge in [-0.3, -0.25) is 0 Å². The molecule has 0 radical (unpaired) electrons. The van der Waals surface area contributed by atoms with Gasteiger partial charge in [0.05, 0.1) is 24.6 Å². The number of anilines is 2. The Labute approximate surface area is 285 Å². The van der Waals surface area contributed by atoms with Crippen molar-refractivity contribution in [2.45, 2.75) is 82.7 Å². The number of hydrogen-bond acceptors (Lipinski definition) is 8. The molecule has 3 aliphatic rings. The topological polar surface area (TPSA) is 72.9 Å². The third kappa shape index (κ3) is 7.15. The molecular formula is C36H44F4N2O6Si. The zero-order chi connectivity index (χ0) is 35.4. The van der Waals surface area contributed by atoms with Crippen LogP contribution in [0, 0.1) is 11.6 Å². The molecule has 49 heavy (non-hydrogen) atoms. The molecule has 266 valence electrons. The van der Waals surface area contributed by atoms with Crippen LogP contribution in [-0.2, 0) is 17.4 Å². The van der Waals surface area contributed by atoms with E-state index >= 15 is 4.39 Å². The van der Waals surface area contributed by atoms with E-state index in [0.29, 0.717) is 30.9 Å². The van der Waals surface area contributed by atoms with Crippen LogP contribution in [0.2, 0.25) is 18.1 Å². The van der Waals surface area contributed by atoms with Gasteiger partial charge in [-0.2, -0.15) is 0 Å². The predicted octanol–water partition coefficient (Wildman–Crippen LogP) is 7.66. The van der Waals surface area contributed by atoms with Gasteiger partial charge in [0.1, 0.15) is 35.3 Å². The van der Waals surface area contributed by atoms with Crippen molar-refractivity contribution < 1.29 is 46.0 Å². The largest absolute Gasteiger partial charge is 0.586 e. The lowest BCUT2D eigenvalue weighted by Gasteiger charge is -2.49. The van der Waals surface area contributed by atoms with E-state index in [4.69, 9.17) is 18.6 Å². The number of aliphatic hydroxyl groups is 1. The smallest absolute Gasteiger partial charge is 0.497 e. The molecule has 0 aromatic heterocycles. The molecule has 3 aliphatic heterocycles. The second-order valence-electron chi connectivity index (χ2n) is 14.6. The second kappa shape index (κ2) is 12.9. The third-order valence-corrected chi connectivity index (χ3v) is 14.7. The highest BCUT2D eigenvalue weighted by Gasteiger charge is 2.51. The summed E-state index contributed by atoms with van der Waals surface area (Å²) >= 11 is 0. The van der Waals surface area contributed by atoms with Crippen LogP contribution >= 0.6 is 0 Å². The first-order valence-corrected chi connectivity index (χ1v) is 19.5. The van der Waals surface area contributed by atoms with Gasteiger partial charge in [-0.15, -0.1) is 8.78 Å². The minimum absolute atomic E-state index is 0.0500. The molecule has 0 aliphatic carbocycles. The molecule has 1 saturated heterocycles. The fourth-order valence-electron chi connectivity index (χ4n) is 6.43. The summed E-state index contributed by atoms with van der Waals surface area (Å²) in [6.07, 6.45) is -3.25. The monoisotopic (exact) mass is 704 g/mol. The Morgan fingerprint density at radius 2 is 1.76 bits per heavy atom. The average molecular weight is 705 g/mol. The first-order chi connectivity index (χ1) is 23.0. The molecule has 3 aromatic carbocycles. The molecule has 13 heteroatoms. The lowest BCUT2D eigenvalue weighted by atomic mass is 9.89. The molecule has 1 N–H and O–H groups in total. The normalized spacial score (nSPS) is 21.8. The maximum absolute atomic E-state index is 15.4. The van der Waals surface area contributed by atoms with Gasteiger partial charge in [-0.1, -0.05) is 32.9 Å². The molecule has 0 spiro atoms. The van der Waals surface area contributed by atoms with Crippen LogP contribution in [0.3, 0.4) is 0 Å². The average Bonchev–Trinajstić information content (AvgIpc) is 3.35. The Bertz CT molecular complexity index is 1690. The molecule has 0 bridgehead atoms. The zero-order valence-electron chi connectivity index (χ0n) is 28.7. The number of rotatable bonds is 9. The minimum atomic E-state index is -3.93.